The molecule has 1 unspecified atom stereocenters. The highest BCUT2D eigenvalue weighted by atomic mass is 28.4. The number of benzene rings is 4. The Morgan fingerprint density at radius 2 is 1.28 bits per heavy atom. The van der Waals surface area contributed by atoms with Crippen molar-refractivity contribution >= 4 is 30.7 Å². The second-order valence-electron chi connectivity index (χ2n) is 11.7. The molecule has 0 aromatic heterocycles. The van der Waals surface area contributed by atoms with E-state index in [4.69, 9.17) is 13.9 Å². The summed E-state index contributed by atoms with van der Waals surface area (Å²) in [6.45, 7) is 6.52. The zero-order valence-electron chi connectivity index (χ0n) is 24.6. The lowest BCUT2D eigenvalue weighted by Gasteiger charge is -2.46. The van der Waals surface area contributed by atoms with Gasteiger partial charge in [-0.2, -0.15) is 0 Å². The van der Waals surface area contributed by atoms with Crippen molar-refractivity contribution in [3.05, 3.63) is 139 Å². The first-order valence-electron chi connectivity index (χ1n) is 14.5. The lowest BCUT2D eigenvalue weighted by Crippen LogP contribution is -2.67. The van der Waals surface area contributed by atoms with Gasteiger partial charge in [-0.1, -0.05) is 142 Å². The minimum atomic E-state index is -3.13. The smallest absolute Gasteiger partial charge is 0.331 e. The van der Waals surface area contributed by atoms with E-state index in [1.807, 2.05) is 97.1 Å². The van der Waals surface area contributed by atoms with E-state index in [1.165, 1.54) is 6.08 Å². The number of aliphatic hydroxyl groups is 2. The Hall–Kier alpha value is -3.85. The van der Waals surface area contributed by atoms with Crippen molar-refractivity contribution in [1.82, 2.24) is 0 Å². The number of esters is 1. The Morgan fingerprint density at radius 1 is 0.791 bits per heavy atom. The van der Waals surface area contributed by atoms with Gasteiger partial charge in [0.05, 0.1) is 0 Å². The number of hydrogen-bond donors (Lipinski definition) is 2. The van der Waals surface area contributed by atoms with Crippen molar-refractivity contribution in [2.24, 2.45) is 0 Å². The van der Waals surface area contributed by atoms with Crippen molar-refractivity contribution in [3.63, 3.8) is 0 Å². The molecule has 1 aliphatic rings. The Labute approximate surface area is 254 Å². The summed E-state index contributed by atoms with van der Waals surface area (Å²) in [5.41, 5.74) is 1.61. The monoisotopic (exact) mass is 594 g/mol. The van der Waals surface area contributed by atoms with Gasteiger partial charge in [-0.05, 0) is 32.6 Å². The summed E-state index contributed by atoms with van der Waals surface area (Å²) < 4.78 is 19.3. The van der Waals surface area contributed by atoms with Gasteiger partial charge >= 0.3 is 5.97 Å². The van der Waals surface area contributed by atoms with Gasteiger partial charge in [-0.25, -0.2) is 4.79 Å². The maximum Gasteiger partial charge on any atom is 0.331 e. The molecule has 0 saturated carbocycles. The molecule has 1 fully saturated rings. The SMILES string of the molecule is CC(C)(C)[Si](O[C@H](c1ccccc1)[C@H]1OC(O)[C@H](O)[C@H]1OC(=O)/C=C/c1ccccc1)(c1ccccc1)c1ccccc1. The molecule has 0 bridgehead atoms. The summed E-state index contributed by atoms with van der Waals surface area (Å²) in [6.07, 6.45) is -3.05. The number of rotatable bonds is 9. The molecule has 2 N–H and O–H groups in total. The third-order valence-corrected chi connectivity index (χ3v) is 12.9. The minimum Gasteiger partial charge on any atom is -0.453 e. The molecule has 222 valence electrons. The van der Waals surface area contributed by atoms with Crippen molar-refractivity contribution < 1.29 is 28.9 Å². The Balaban J connectivity index is 1.59. The summed E-state index contributed by atoms with van der Waals surface area (Å²) in [4.78, 5) is 13.0. The van der Waals surface area contributed by atoms with Crippen LogP contribution >= 0.6 is 0 Å². The summed E-state index contributed by atoms with van der Waals surface area (Å²) in [7, 11) is -3.13. The average Bonchev–Trinajstić information content (AvgIpc) is 3.30. The summed E-state index contributed by atoms with van der Waals surface area (Å²) in [5.74, 6) is -0.659. The van der Waals surface area contributed by atoms with Gasteiger partial charge in [0.15, 0.2) is 12.4 Å². The molecule has 0 spiro atoms. The average molecular weight is 595 g/mol. The van der Waals surface area contributed by atoms with Crippen LogP contribution in [-0.4, -0.2) is 49.1 Å². The number of carbonyl (C=O) groups excluding carboxylic acids is 1. The van der Waals surface area contributed by atoms with E-state index in [0.717, 1.165) is 21.5 Å². The molecule has 43 heavy (non-hydrogen) atoms. The van der Waals surface area contributed by atoms with Crippen LogP contribution in [0.5, 0.6) is 0 Å². The van der Waals surface area contributed by atoms with E-state index < -0.39 is 45.0 Å². The van der Waals surface area contributed by atoms with Crippen molar-refractivity contribution in [2.45, 2.75) is 56.5 Å². The van der Waals surface area contributed by atoms with Crippen LogP contribution in [0, 0.1) is 0 Å². The van der Waals surface area contributed by atoms with Crippen molar-refractivity contribution in [2.75, 3.05) is 0 Å². The molecule has 1 heterocycles. The third-order valence-electron chi connectivity index (χ3n) is 7.86. The summed E-state index contributed by atoms with van der Waals surface area (Å²) in [6, 6.07) is 39.3. The molecule has 7 heteroatoms. The molecule has 5 rings (SSSR count). The second kappa shape index (κ2) is 13.2. The second-order valence-corrected chi connectivity index (χ2v) is 16.0. The first-order valence-corrected chi connectivity index (χ1v) is 16.4. The highest BCUT2D eigenvalue weighted by molar-refractivity contribution is 6.99. The van der Waals surface area contributed by atoms with E-state index in [-0.39, 0.29) is 5.04 Å². The van der Waals surface area contributed by atoms with Crippen LogP contribution in [0.2, 0.25) is 5.04 Å². The zero-order valence-corrected chi connectivity index (χ0v) is 25.6. The molecule has 5 atom stereocenters. The largest absolute Gasteiger partial charge is 0.453 e. The van der Waals surface area contributed by atoms with Gasteiger partial charge in [-0.3, -0.25) is 0 Å². The lowest BCUT2D eigenvalue weighted by molar-refractivity contribution is -0.154. The Morgan fingerprint density at radius 3 is 1.79 bits per heavy atom. The van der Waals surface area contributed by atoms with Crippen LogP contribution in [0.25, 0.3) is 6.08 Å². The number of aliphatic hydroxyl groups excluding tert-OH is 2. The number of hydrogen-bond acceptors (Lipinski definition) is 6. The van der Waals surface area contributed by atoms with Gasteiger partial charge in [0.1, 0.15) is 18.3 Å². The molecule has 4 aromatic rings. The summed E-state index contributed by atoms with van der Waals surface area (Å²) in [5, 5.41) is 23.5. The van der Waals surface area contributed by atoms with Crippen LogP contribution in [0.1, 0.15) is 38.0 Å². The van der Waals surface area contributed by atoms with Gasteiger partial charge in [0.2, 0.25) is 0 Å². The summed E-state index contributed by atoms with van der Waals surface area (Å²) >= 11 is 0. The van der Waals surface area contributed by atoms with E-state index in [9.17, 15) is 15.0 Å². The molecule has 6 nitrogen and oxygen atoms in total. The fourth-order valence-corrected chi connectivity index (χ4v) is 10.5. The third kappa shape index (κ3) is 6.56. The maximum absolute atomic E-state index is 13.0. The Kier molecular flexibility index (Phi) is 9.39. The van der Waals surface area contributed by atoms with E-state index in [0.29, 0.717) is 0 Å². The van der Waals surface area contributed by atoms with Crippen LogP contribution in [0.3, 0.4) is 0 Å². The Bertz CT molecular complexity index is 1450. The van der Waals surface area contributed by atoms with Gasteiger partial charge in [0.25, 0.3) is 8.32 Å². The normalized spacial score (nSPS) is 21.5. The quantitative estimate of drug-likeness (QED) is 0.161. The molecular weight excluding hydrogens is 556 g/mol. The predicted octanol–water partition coefficient (Wildman–Crippen LogP) is 5.01. The van der Waals surface area contributed by atoms with E-state index >= 15 is 0 Å². The highest BCUT2D eigenvalue weighted by Gasteiger charge is 2.56. The molecule has 0 amide bonds. The standard InChI is InChI=1S/C36H38O6Si/c1-36(2,3)43(28-20-12-6-13-21-28,29-22-14-7-15-23-29)42-32(27-18-10-5-11-19-27)34-33(31(38)35(39)41-34)40-30(37)25-24-26-16-8-4-9-17-26/h4-25,31-35,38-39H,1-3H3/b25-24+/t31-,32-,33-,34-,35?/m1/s1. The molecule has 1 aliphatic heterocycles. The minimum absolute atomic E-state index is 0.358. The molecule has 1 saturated heterocycles. The van der Waals surface area contributed by atoms with Crippen LogP contribution in [-0.2, 0) is 18.7 Å². The van der Waals surface area contributed by atoms with Gasteiger partial charge in [-0.15, -0.1) is 0 Å². The topological polar surface area (TPSA) is 85.2 Å². The van der Waals surface area contributed by atoms with Crippen molar-refractivity contribution in [1.29, 1.82) is 0 Å². The lowest BCUT2D eigenvalue weighted by atomic mass is 9.99. The molecule has 4 aromatic carbocycles. The van der Waals surface area contributed by atoms with Crippen LogP contribution in [0.15, 0.2) is 127 Å². The highest BCUT2D eigenvalue weighted by Crippen LogP contribution is 2.43. The fourth-order valence-electron chi connectivity index (χ4n) is 5.81. The van der Waals surface area contributed by atoms with E-state index in [1.54, 1.807) is 6.08 Å². The predicted molar refractivity (Wildman–Crippen MR) is 170 cm³/mol. The number of carbonyl (C=O) groups is 1. The van der Waals surface area contributed by atoms with Gasteiger partial charge in [0, 0.05) is 6.08 Å². The van der Waals surface area contributed by atoms with Crippen LogP contribution < -0.4 is 10.4 Å². The first-order chi connectivity index (χ1) is 20.7. The molecular formula is C36H38O6Si. The first kappa shape index (κ1) is 30.6. The molecule has 0 aliphatic carbocycles. The molecule has 0 radical (unpaired) electrons. The number of ether oxygens (including phenoxy) is 2. The fraction of sp³-hybridized carbons (Fsp3) is 0.250. The van der Waals surface area contributed by atoms with Crippen LogP contribution in [0.4, 0.5) is 0 Å². The van der Waals surface area contributed by atoms with E-state index in [2.05, 4.69) is 45.0 Å². The van der Waals surface area contributed by atoms with Crippen molar-refractivity contribution in [3.8, 4) is 0 Å². The maximum atomic E-state index is 13.0. The van der Waals surface area contributed by atoms with Gasteiger partial charge < -0.3 is 24.1 Å². The zero-order chi connectivity index (χ0) is 30.5.